The van der Waals surface area contributed by atoms with Gasteiger partial charge in [-0.05, 0) is 55.4 Å². The van der Waals surface area contributed by atoms with E-state index >= 15 is 0 Å². The highest BCUT2D eigenvalue weighted by atomic mass is 16.6. The molecule has 0 bridgehead atoms. The first-order chi connectivity index (χ1) is 12.4. The van der Waals surface area contributed by atoms with Crippen LogP contribution in [0.15, 0.2) is 11.6 Å². The maximum Gasteiger partial charge on any atom is 0.303 e. The number of carbonyl (C=O) groups is 2. The van der Waals surface area contributed by atoms with Crippen molar-refractivity contribution in [2.45, 2.75) is 84.2 Å². The van der Waals surface area contributed by atoms with Crippen LogP contribution in [-0.2, 0) is 19.1 Å². The lowest BCUT2D eigenvalue weighted by molar-refractivity contribution is -0.171. The Morgan fingerprint density at radius 3 is 2.63 bits per heavy atom. The summed E-state index contributed by atoms with van der Waals surface area (Å²) in [5, 5.41) is 10.9. The quantitative estimate of drug-likeness (QED) is 0.562. The van der Waals surface area contributed by atoms with E-state index in [0.29, 0.717) is 23.8 Å². The molecule has 0 unspecified atom stereocenters. The van der Waals surface area contributed by atoms with Gasteiger partial charge in [0.05, 0.1) is 23.7 Å². The molecule has 5 nitrogen and oxygen atoms in total. The van der Waals surface area contributed by atoms with Crippen molar-refractivity contribution in [3.63, 3.8) is 0 Å². The summed E-state index contributed by atoms with van der Waals surface area (Å²) < 4.78 is 11.9. The zero-order valence-corrected chi connectivity index (χ0v) is 17.2. The lowest BCUT2D eigenvalue weighted by Crippen LogP contribution is -2.51. The lowest BCUT2D eigenvalue weighted by Gasteiger charge is -2.34. The number of aliphatic hydroxyl groups excluding tert-OH is 1. The molecule has 1 aliphatic heterocycles. The van der Waals surface area contributed by atoms with Gasteiger partial charge < -0.3 is 14.6 Å². The summed E-state index contributed by atoms with van der Waals surface area (Å²) in [6.07, 6.45) is 3.39. The number of carbonyl (C=O) groups excluding carboxylic acids is 2. The van der Waals surface area contributed by atoms with Crippen LogP contribution in [0.25, 0.3) is 0 Å². The molecular formula is C22H32O5. The summed E-state index contributed by atoms with van der Waals surface area (Å²) in [5.74, 6) is -0.394. The zero-order valence-electron chi connectivity index (χ0n) is 17.2. The van der Waals surface area contributed by atoms with Gasteiger partial charge >= 0.3 is 5.97 Å². The van der Waals surface area contributed by atoms with Crippen LogP contribution in [0.3, 0.4) is 0 Å². The van der Waals surface area contributed by atoms with Gasteiger partial charge in [-0.25, -0.2) is 0 Å². The van der Waals surface area contributed by atoms with Crippen LogP contribution in [0, 0.1) is 29.1 Å². The summed E-state index contributed by atoms with van der Waals surface area (Å²) in [4.78, 5) is 25.6. The SMILES string of the molecule is CC(=O)O[C@]12C[C@H](C)[C@H](O)[C@@H]1[C@H]1O[C@]1(C)CC[C@H]1[C@H](/C=C(/C)C2=O)C1(C)C. The number of allylic oxidation sites excluding steroid dienone is 1. The molecule has 1 heterocycles. The molecule has 4 rings (SSSR count). The maximum absolute atomic E-state index is 13.6. The molecule has 8 atom stereocenters. The topological polar surface area (TPSA) is 76.1 Å². The average Bonchev–Trinajstić information content (AvgIpc) is 3.32. The minimum Gasteiger partial charge on any atom is -0.450 e. The van der Waals surface area contributed by atoms with Gasteiger partial charge in [-0.2, -0.15) is 0 Å². The fourth-order valence-corrected chi connectivity index (χ4v) is 6.15. The molecule has 1 N–H and O–H groups in total. The minimum absolute atomic E-state index is 0.132. The van der Waals surface area contributed by atoms with Crippen molar-refractivity contribution in [3.05, 3.63) is 11.6 Å². The van der Waals surface area contributed by atoms with Gasteiger partial charge in [0.2, 0.25) is 5.78 Å². The van der Waals surface area contributed by atoms with Gasteiger partial charge in [0, 0.05) is 13.3 Å². The predicted octanol–water partition coefficient (Wildman–Crippen LogP) is 3.04. The van der Waals surface area contributed by atoms with Gasteiger partial charge in [0.1, 0.15) is 0 Å². The van der Waals surface area contributed by atoms with Gasteiger partial charge in [0.25, 0.3) is 0 Å². The Kier molecular flexibility index (Phi) is 4.01. The molecule has 0 aromatic heterocycles. The van der Waals surface area contributed by atoms with Crippen molar-refractivity contribution in [1.82, 2.24) is 0 Å². The van der Waals surface area contributed by atoms with Crippen molar-refractivity contribution >= 4 is 11.8 Å². The number of aliphatic hydroxyl groups is 1. The molecule has 3 fully saturated rings. The lowest BCUT2D eigenvalue weighted by atomic mass is 9.77. The second kappa shape index (κ2) is 5.66. The molecular weight excluding hydrogens is 344 g/mol. The molecule has 0 radical (unpaired) electrons. The third-order valence-corrected chi connectivity index (χ3v) is 7.97. The third kappa shape index (κ3) is 2.65. The van der Waals surface area contributed by atoms with Crippen LogP contribution in [0.4, 0.5) is 0 Å². The van der Waals surface area contributed by atoms with Crippen LogP contribution in [-0.4, -0.2) is 40.3 Å². The van der Waals surface area contributed by atoms with Crippen molar-refractivity contribution in [1.29, 1.82) is 0 Å². The van der Waals surface area contributed by atoms with Crippen LogP contribution < -0.4 is 0 Å². The Balaban J connectivity index is 1.82. The number of ketones is 1. The molecule has 3 aliphatic carbocycles. The molecule has 0 spiro atoms. The third-order valence-electron chi connectivity index (χ3n) is 7.97. The number of hydrogen-bond donors (Lipinski definition) is 1. The highest BCUT2D eigenvalue weighted by Crippen LogP contribution is 2.64. The fourth-order valence-electron chi connectivity index (χ4n) is 6.15. The summed E-state index contributed by atoms with van der Waals surface area (Å²) in [6, 6.07) is 0. The first kappa shape index (κ1) is 19.1. The Bertz CT molecular complexity index is 724. The molecule has 0 aromatic rings. The van der Waals surface area contributed by atoms with Crippen LogP contribution in [0.1, 0.15) is 60.8 Å². The standard InChI is InChI=1S/C22H32O5/c1-11-9-15-14(20(15,4)5)7-8-21(6)19(27-21)16-17(24)12(2)10-22(16,18(11)25)26-13(3)23/h9,12,14-17,19,24H,7-8,10H2,1-6H3/b11-9-/t12-,14-,15-,16+,17-,19+,21+,22+/m0/s1. The largest absolute Gasteiger partial charge is 0.450 e. The molecule has 1 saturated heterocycles. The average molecular weight is 376 g/mol. The highest BCUT2D eigenvalue weighted by molar-refractivity contribution is 6.03. The summed E-state index contributed by atoms with van der Waals surface area (Å²) in [6.45, 7) is 11.7. The molecule has 150 valence electrons. The molecule has 0 amide bonds. The van der Waals surface area contributed by atoms with Gasteiger partial charge in [-0.1, -0.05) is 26.8 Å². The smallest absolute Gasteiger partial charge is 0.303 e. The molecule has 5 heteroatoms. The zero-order chi connectivity index (χ0) is 19.9. The van der Waals surface area contributed by atoms with E-state index < -0.39 is 23.6 Å². The molecule has 0 aromatic carbocycles. The van der Waals surface area contributed by atoms with Crippen LogP contribution in [0.5, 0.6) is 0 Å². The normalized spacial score (nSPS) is 52.4. The fraction of sp³-hybridized carbons (Fsp3) is 0.818. The first-order valence-corrected chi connectivity index (χ1v) is 10.2. The summed E-state index contributed by atoms with van der Waals surface area (Å²) >= 11 is 0. The summed E-state index contributed by atoms with van der Waals surface area (Å²) in [7, 11) is 0. The van der Waals surface area contributed by atoms with E-state index in [4.69, 9.17) is 9.47 Å². The Morgan fingerprint density at radius 1 is 1.33 bits per heavy atom. The Hall–Kier alpha value is -1.20. The number of esters is 1. The van der Waals surface area contributed by atoms with Crippen LogP contribution >= 0.6 is 0 Å². The van der Waals surface area contributed by atoms with E-state index in [-0.39, 0.29) is 28.8 Å². The molecule has 2 saturated carbocycles. The van der Waals surface area contributed by atoms with E-state index in [1.165, 1.54) is 6.92 Å². The molecule has 27 heavy (non-hydrogen) atoms. The number of rotatable bonds is 1. The number of Topliss-reactive ketones (excluding diaryl/α,β-unsaturated/α-hetero) is 1. The first-order valence-electron chi connectivity index (χ1n) is 10.2. The van der Waals surface area contributed by atoms with Gasteiger partial charge in [0.15, 0.2) is 5.60 Å². The predicted molar refractivity (Wildman–Crippen MR) is 99.8 cm³/mol. The second-order valence-corrected chi connectivity index (χ2v) is 10.2. The van der Waals surface area contributed by atoms with Crippen molar-refractivity contribution in [2.75, 3.05) is 0 Å². The minimum atomic E-state index is -1.33. The number of epoxide rings is 1. The van der Waals surface area contributed by atoms with E-state index in [1.54, 1.807) is 0 Å². The van der Waals surface area contributed by atoms with E-state index in [9.17, 15) is 14.7 Å². The number of ether oxygens (including phenoxy) is 2. The monoisotopic (exact) mass is 376 g/mol. The highest BCUT2D eigenvalue weighted by Gasteiger charge is 2.71. The summed E-state index contributed by atoms with van der Waals surface area (Å²) in [5.41, 5.74) is -0.861. The van der Waals surface area contributed by atoms with E-state index in [0.717, 1.165) is 12.8 Å². The number of hydrogen-bond acceptors (Lipinski definition) is 5. The van der Waals surface area contributed by atoms with Gasteiger partial charge in [-0.15, -0.1) is 0 Å². The molecule has 4 aliphatic rings. The van der Waals surface area contributed by atoms with Gasteiger partial charge in [-0.3, -0.25) is 9.59 Å². The Labute approximate surface area is 161 Å². The van der Waals surface area contributed by atoms with Crippen molar-refractivity contribution in [3.8, 4) is 0 Å². The second-order valence-electron chi connectivity index (χ2n) is 10.2. The Morgan fingerprint density at radius 2 is 2.00 bits per heavy atom. The van der Waals surface area contributed by atoms with Crippen molar-refractivity contribution < 1.29 is 24.2 Å². The number of fused-ring (bicyclic) bond motifs is 4. The van der Waals surface area contributed by atoms with Crippen molar-refractivity contribution in [2.24, 2.45) is 29.1 Å². The maximum atomic E-state index is 13.6. The van der Waals surface area contributed by atoms with Crippen LogP contribution in [0.2, 0.25) is 0 Å². The van der Waals surface area contributed by atoms with E-state index in [1.807, 2.05) is 13.8 Å². The van der Waals surface area contributed by atoms with E-state index in [2.05, 4.69) is 26.8 Å².